The lowest BCUT2D eigenvalue weighted by Crippen LogP contribution is -2.34. The number of methoxy groups -OCH3 is 1. The average molecular weight is 517 g/mol. The zero-order valence-corrected chi connectivity index (χ0v) is 21.4. The molecule has 0 spiro atoms. The van der Waals surface area contributed by atoms with Crippen LogP contribution >= 0.6 is 11.6 Å². The summed E-state index contributed by atoms with van der Waals surface area (Å²) in [7, 11) is 1.65. The maximum atomic E-state index is 13.1. The molecule has 0 unspecified atom stereocenters. The van der Waals surface area contributed by atoms with Gasteiger partial charge in [-0.3, -0.25) is 4.79 Å². The predicted octanol–water partition coefficient (Wildman–Crippen LogP) is 4.96. The molecule has 3 aromatic carbocycles. The van der Waals surface area contributed by atoms with Crippen molar-refractivity contribution in [2.75, 3.05) is 31.7 Å². The van der Waals surface area contributed by atoms with Crippen molar-refractivity contribution in [3.63, 3.8) is 0 Å². The fraction of sp³-hybridized carbons (Fsp3) is 0.241. The van der Waals surface area contributed by atoms with Gasteiger partial charge in [-0.25, -0.2) is 4.98 Å². The van der Waals surface area contributed by atoms with Crippen LogP contribution in [0.2, 0.25) is 5.02 Å². The van der Waals surface area contributed by atoms with Gasteiger partial charge >= 0.3 is 0 Å². The maximum Gasteiger partial charge on any atom is 0.255 e. The van der Waals surface area contributed by atoms with E-state index in [0.29, 0.717) is 44.0 Å². The first-order valence-corrected chi connectivity index (χ1v) is 12.6. The molecule has 0 bridgehead atoms. The molecule has 190 valence electrons. The van der Waals surface area contributed by atoms with Crippen LogP contribution in [-0.4, -0.2) is 42.3 Å². The van der Waals surface area contributed by atoms with Crippen molar-refractivity contribution in [3.8, 4) is 11.5 Å². The van der Waals surface area contributed by atoms with Crippen molar-refractivity contribution in [1.29, 1.82) is 0 Å². The smallest absolute Gasteiger partial charge is 0.255 e. The highest BCUT2D eigenvalue weighted by Gasteiger charge is 2.24. The molecule has 5 rings (SSSR count). The number of carbonyl (C=O) groups excluding carboxylic acids is 1. The van der Waals surface area contributed by atoms with Crippen molar-refractivity contribution < 1.29 is 14.3 Å². The summed E-state index contributed by atoms with van der Waals surface area (Å²) in [6, 6.07) is 21.4. The predicted molar refractivity (Wildman–Crippen MR) is 145 cm³/mol. The van der Waals surface area contributed by atoms with E-state index in [1.165, 1.54) is 0 Å². The molecule has 1 aliphatic rings. The quantitative estimate of drug-likeness (QED) is 0.340. The topological polar surface area (TPSA) is 68.6 Å². The number of nitrogens with one attached hydrogen (secondary N) is 1. The Morgan fingerprint density at radius 1 is 1.08 bits per heavy atom. The SMILES string of the molecule is COc1cccc(CCNC(=O)c2cccc3c2OCCN3Cc2cncn2Cc2ccc(Cl)cc2)c1. The van der Waals surface area contributed by atoms with Crippen LogP contribution in [0.15, 0.2) is 79.3 Å². The summed E-state index contributed by atoms with van der Waals surface area (Å²) < 4.78 is 13.4. The molecule has 8 heteroatoms. The molecule has 0 fully saturated rings. The maximum absolute atomic E-state index is 13.1. The number of hydrogen-bond acceptors (Lipinski definition) is 5. The fourth-order valence-corrected chi connectivity index (χ4v) is 4.62. The minimum atomic E-state index is -0.144. The largest absolute Gasteiger partial charge is 0.497 e. The normalized spacial score (nSPS) is 12.5. The lowest BCUT2D eigenvalue weighted by molar-refractivity contribution is 0.0949. The number of benzene rings is 3. The highest BCUT2D eigenvalue weighted by atomic mass is 35.5. The van der Waals surface area contributed by atoms with Gasteiger partial charge in [0.25, 0.3) is 5.91 Å². The number of rotatable bonds is 9. The van der Waals surface area contributed by atoms with Crippen molar-refractivity contribution in [2.24, 2.45) is 0 Å². The number of anilines is 1. The van der Waals surface area contributed by atoms with Crippen LogP contribution < -0.4 is 19.7 Å². The number of aromatic nitrogens is 2. The van der Waals surface area contributed by atoms with E-state index in [1.54, 1.807) is 7.11 Å². The summed E-state index contributed by atoms with van der Waals surface area (Å²) in [4.78, 5) is 19.7. The van der Waals surface area contributed by atoms with E-state index in [4.69, 9.17) is 21.1 Å². The molecule has 1 amide bonds. The molecule has 0 atom stereocenters. The molecule has 0 saturated heterocycles. The van der Waals surface area contributed by atoms with Gasteiger partial charge in [-0.1, -0.05) is 41.9 Å². The van der Waals surface area contributed by atoms with Crippen LogP contribution in [0.1, 0.15) is 27.2 Å². The molecule has 1 aliphatic heterocycles. The first-order chi connectivity index (χ1) is 18.1. The Hall–Kier alpha value is -3.97. The van der Waals surface area contributed by atoms with Gasteiger partial charge in [0.15, 0.2) is 5.75 Å². The third-order valence-corrected chi connectivity index (χ3v) is 6.69. The van der Waals surface area contributed by atoms with Gasteiger partial charge in [-0.2, -0.15) is 0 Å². The number of amides is 1. The zero-order valence-electron chi connectivity index (χ0n) is 20.7. The number of halogens is 1. The standard InChI is InChI=1S/C29H29ClN4O3/c1-36-25-5-2-4-21(16-25)12-13-32-29(35)26-6-3-7-27-28(26)37-15-14-33(27)19-24-17-31-20-34(24)18-22-8-10-23(30)11-9-22/h2-11,16-17,20H,12-15,18-19H2,1H3,(H,32,35). The second-order valence-electron chi connectivity index (χ2n) is 8.92. The third kappa shape index (κ3) is 5.89. The minimum absolute atomic E-state index is 0.144. The fourth-order valence-electron chi connectivity index (χ4n) is 4.49. The van der Waals surface area contributed by atoms with E-state index in [-0.39, 0.29) is 5.91 Å². The van der Waals surface area contributed by atoms with Gasteiger partial charge in [0.1, 0.15) is 12.4 Å². The number of para-hydroxylation sites is 1. The van der Waals surface area contributed by atoms with Gasteiger partial charge in [-0.15, -0.1) is 0 Å². The highest BCUT2D eigenvalue weighted by Crippen LogP contribution is 2.36. The van der Waals surface area contributed by atoms with Crippen molar-refractivity contribution in [2.45, 2.75) is 19.5 Å². The summed E-state index contributed by atoms with van der Waals surface area (Å²) in [5, 5.41) is 3.76. The Morgan fingerprint density at radius 2 is 1.92 bits per heavy atom. The summed E-state index contributed by atoms with van der Waals surface area (Å²) in [5.74, 6) is 1.29. The Bertz CT molecular complexity index is 1370. The van der Waals surface area contributed by atoms with E-state index in [1.807, 2.05) is 79.3 Å². The molecule has 4 aromatic rings. The zero-order chi connectivity index (χ0) is 25.6. The number of imidazole rings is 1. The van der Waals surface area contributed by atoms with E-state index in [9.17, 15) is 4.79 Å². The molecule has 37 heavy (non-hydrogen) atoms. The van der Waals surface area contributed by atoms with Crippen LogP contribution in [0, 0.1) is 0 Å². The monoisotopic (exact) mass is 516 g/mol. The summed E-state index contributed by atoms with van der Waals surface area (Å²) >= 11 is 6.03. The number of ether oxygens (including phenoxy) is 2. The molecular weight excluding hydrogens is 488 g/mol. The molecule has 7 nitrogen and oxygen atoms in total. The second kappa shape index (κ2) is 11.4. The average Bonchev–Trinajstić information content (AvgIpc) is 3.36. The lowest BCUT2D eigenvalue weighted by Gasteiger charge is -2.32. The Labute approximate surface area is 221 Å². The Balaban J connectivity index is 1.27. The highest BCUT2D eigenvalue weighted by molar-refractivity contribution is 6.30. The molecule has 0 aliphatic carbocycles. The lowest BCUT2D eigenvalue weighted by atomic mass is 10.1. The molecule has 1 aromatic heterocycles. The first-order valence-electron chi connectivity index (χ1n) is 12.3. The summed E-state index contributed by atoms with van der Waals surface area (Å²) in [5.41, 5.74) is 4.79. The van der Waals surface area contributed by atoms with Crippen molar-refractivity contribution in [1.82, 2.24) is 14.9 Å². The van der Waals surface area contributed by atoms with Gasteiger partial charge in [0.2, 0.25) is 0 Å². The van der Waals surface area contributed by atoms with Crippen LogP contribution in [-0.2, 0) is 19.5 Å². The van der Waals surface area contributed by atoms with Gasteiger partial charge < -0.3 is 24.3 Å². The van der Waals surface area contributed by atoms with E-state index in [2.05, 4.69) is 19.8 Å². The third-order valence-electron chi connectivity index (χ3n) is 6.44. The molecular formula is C29H29ClN4O3. The molecule has 1 N–H and O–H groups in total. The van der Waals surface area contributed by atoms with Gasteiger partial charge in [-0.05, 0) is 53.9 Å². The van der Waals surface area contributed by atoms with E-state index in [0.717, 1.165) is 39.8 Å². The Kier molecular flexibility index (Phi) is 7.61. The van der Waals surface area contributed by atoms with Crippen LogP contribution in [0.3, 0.4) is 0 Å². The van der Waals surface area contributed by atoms with Crippen LogP contribution in [0.25, 0.3) is 0 Å². The van der Waals surface area contributed by atoms with Gasteiger partial charge in [0, 0.05) is 24.3 Å². The summed E-state index contributed by atoms with van der Waals surface area (Å²) in [6.07, 6.45) is 4.44. The number of fused-ring (bicyclic) bond motifs is 1. The minimum Gasteiger partial charge on any atom is -0.497 e. The number of nitrogens with zero attached hydrogens (tertiary/aromatic N) is 3. The first kappa shape index (κ1) is 24.7. The summed E-state index contributed by atoms with van der Waals surface area (Å²) in [6.45, 7) is 3.11. The molecule has 0 saturated carbocycles. The van der Waals surface area contributed by atoms with Crippen LogP contribution in [0.4, 0.5) is 5.69 Å². The van der Waals surface area contributed by atoms with Crippen LogP contribution in [0.5, 0.6) is 11.5 Å². The van der Waals surface area contributed by atoms with E-state index >= 15 is 0 Å². The number of hydrogen-bond donors (Lipinski definition) is 1. The number of carbonyl (C=O) groups is 1. The molecule has 2 heterocycles. The van der Waals surface area contributed by atoms with E-state index < -0.39 is 0 Å². The second-order valence-corrected chi connectivity index (χ2v) is 9.36. The Morgan fingerprint density at radius 3 is 2.76 bits per heavy atom. The molecule has 0 radical (unpaired) electrons. The van der Waals surface area contributed by atoms with Crippen molar-refractivity contribution >= 4 is 23.2 Å². The van der Waals surface area contributed by atoms with Crippen molar-refractivity contribution in [3.05, 3.63) is 107 Å². The van der Waals surface area contributed by atoms with Gasteiger partial charge in [0.05, 0.1) is 43.5 Å².